The molecule has 1 heterocycles. The highest BCUT2D eigenvalue weighted by Crippen LogP contribution is 2.33. The van der Waals surface area contributed by atoms with E-state index in [0.717, 1.165) is 4.90 Å². The van der Waals surface area contributed by atoms with Gasteiger partial charge in [-0.25, -0.2) is 14.5 Å². The van der Waals surface area contributed by atoms with Crippen molar-refractivity contribution in [3.63, 3.8) is 0 Å². The Bertz CT molecular complexity index is 987. The van der Waals surface area contributed by atoms with Gasteiger partial charge in [-0.3, -0.25) is 4.79 Å². The average Bonchev–Trinajstić information content (AvgIpc) is 2.88. The van der Waals surface area contributed by atoms with Crippen molar-refractivity contribution in [3.05, 3.63) is 60.7 Å². The van der Waals surface area contributed by atoms with Crippen LogP contribution in [0.1, 0.15) is 5.56 Å². The van der Waals surface area contributed by atoms with Crippen LogP contribution in [0.15, 0.2) is 46.6 Å². The molecule has 1 fully saturated rings. The van der Waals surface area contributed by atoms with E-state index in [1.165, 1.54) is 6.08 Å². The molecule has 2 N–H and O–H groups in total. The molecule has 0 unspecified atom stereocenters. The SMILES string of the molecule is O=C(O)COc1c(Br)cc(/C=C2/NC(=O)N(c3ccc(Cl)cc3)C2=O)cc1I. The Morgan fingerprint density at radius 2 is 1.96 bits per heavy atom. The number of benzene rings is 2. The summed E-state index contributed by atoms with van der Waals surface area (Å²) in [6, 6.07) is 9.15. The molecular weight excluding hydrogens is 566 g/mol. The monoisotopic (exact) mass is 576 g/mol. The molecule has 1 aliphatic heterocycles. The molecular formula is C18H11BrClIN2O5. The number of carbonyl (C=O) groups is 3. The third-order valence-corrected chi connectivity index (χ3v) is 5.28. The van der Waals surface area contributed by atoms with Crippen LogP contribution in [-0.2, 0) is 9.59 Å². The summed E-state index contributed by atoms with van der Waals surface area (Å²) < 4.78 is 6.42. The Labute approximate surface area is 186 Å². The number of anilines is 1. The van der Waals surface area contributed by atoms with Crippen LogP contribution >= 0.6 is 50.1 Å². The number of hydrogen-bond acceptors (Lipinski definition) is 4. The number of carbonyl (C=O) groups excluding carboxylic acids is 2. The van der Waals surface area contributed by atoms with Crippen LogP contribution in [0.5, 0.6) is 5.75 Å². The van der Waals surface area contributed by atoms with Gasteiger partial charge in [-0.15, -0.1) is 0 Å². The molecule has 144 valence electrons. The molecule has 2 aromatic carbocycles. The lowest BCUT2D eigenvalue weighted by Gasteiger charge is -2.11. The highest BCUT2D eigenvalue weighted by molar-refractivity contribution is 14.1. The largest absolute Gasteiger partial charge is 0.480 e. The molecule has 28 heavy (non-hydrogen) atoms. The lowest BCUT2D eigenvalue weighted by Crippen LogP contribution is -2.30. The Morgan fingerprint density at radius 1 is 1.29 bits per heavy atom. The fraction of sp³-hybridized carbons (Fsp3) is 0.0556. The molecule has 3 amide bonds. The Kier molecular flexibility index (Phi) is 6.26. The van der Waals surface area contributed by atoms with Gasteiger partial charge in [0.05, 0.1) is 13.7 Å². The number of imide groups is 1. The topological polar surface area (TPSA) is 95.9 Å². The zero-order chi connectivity index (χ0) is 20.4. The van der Waals surface area contributed by atoms with Crippen LogP contribution in [0.25, 0.3) is 6.08 Å². The molecule has 3 rings (SSSR count). The number of aliphatic carboxylic acids is 1. The summed E-state index contributed by atoms with van der Waals surface area (Å²) in [6.07, 6.45) is 1.53. The molecule has 0 radical (unpaired) electrons. The van der Waals surface area contributed by atoms with E-state index in [4.69, 9.17) is 21.4 Å². The first-order valence-electron chi connectivity index (χ1n) is 7.72. The first-order valence-corrected chi connectivity index (χ1v) is 9.97. The van der Waals surface area contributed by atoms with E-state index >= 15 is 0 Å². The number of amides is 3. The lowest BCUT2D eigenvalue weighted by atomic mass is 10.2. The second kappa shape index (κ2) is 8.50. The molecule has 10 heteroatoms. The number of carboxylic acid groups (broad SMARTS) is 1. The van der Waals surface area contributed by atoms with E-state index in [-0.39, 0.29) is 5.70 Å². The molecule has 2 aromatic rings. The Hall–Kier alpha value is -2.11. The summed E-state index contributed by atoms with van der Waals surface area (Å²) in [7, 11) is 0. The smallest absolute Gasteiger partial charge is 0.341 e. The van der Waals surface area contributed by atoms with Gasteiger partial charge in [0.1, 0.15) is 11.4 Å². The number of ether oxygens (including phenoxy) is 1. The molecule has 0 spiro atoms. The van der Waals surface area contributed by atoms with Crippen LogP contribution in [0, 0.1) is 3.57 Å². The fourth-order valence-electron chi connectivity index (χ4n) is 2.46. The van der Waals surface area contributed by atoms with Gasteiger partial charge in [0.15, 0.2) is 6.61 Å². The van der Waals surface area contributed by atoms with Gasteiger partial charge in [0.2, 0.25) is 0 Å². The molecule has 7 nitrogen and oxygen atoms in total. The molecule has 0 bridgehead atoms. The van der Waals surface area contributed by atoms with E-state index in [0.29, 0.717) is 30.1 Å². The van der Waals surface area contributed by atoms with Crippen molar-refractivity contribution in [1.82, 2.24) is 5.32 Å². The molecule has 0 aliphatic carbocycles. The van der Waals surface area contributed by atoms with Crippen molar-refractivity contribution in [1.29, 1.82) is 0 Å². The maximum Gasteiger partial charge on any atom is 0.341 e. The first kappa shape index (κ1) is 20.6. The van der Waals surface area contributed by atoms with Crippen LogP contribution in [0.3, 0.4) is 0 Å². The second-order valence-electron chi connectivity index (χ2n) is 5.60. The molecule has 1 aliphatic rings. The van der Waals surface area contributed by atoms with Gasteiger partial charge in [-0.05, 0) is 86.6 Å². The summed E-state index contributed by atoms with van der Waals surface area (Å²) >= 11 is 11.2. The van der Waals surface area contributed by atoms with Crippen molar-refractivity contribution in [2.45, 2.75) is 0 Å². The minimum absolute atomic E-state index is 0.113. The summed E-state index contributed by atoms with van der Waals surface area (Å²) in [6.45, 7) is -0.473. The van der Waals surface area contributed by atoms with Gasteiger partial charge in [0.25, 0.3) is 5.91 Å². The van der Waals surface area contributed by atoms with E-state index < -0.39 is 24.5 Å². The van der Waals surface area contributed by atoms with Gasteiger partial charge < -0.3 is 15.2 Å². The molecule has 1 saturated heterocycles. The zero-order valence-corrected chi connectivity index (χ0v) is 18.4. The molecule has 0 atom stereocenters. The number of halogens is 3. The zero-order valence-electron chi connectivity index (χ0n) is 13.9. The van der Waals surface area contributed by atoms with Crippen molar-refractivity contribution in [3.8, 4) is 5.75 Å². The minimum atomic E-state index is -1.09. The number of urea groups is 1. The Balaban J connectivity index is 1.87. The van der Waals surface area contributed by atoms with Crippen molar-refractivity contribution >= 4 is 79.8 Å². The van der Waals surface area contributed by atoms with E-state index in [9.17, 15) is 14.4 Å². The average molecular weight is 578 g/mol. The highest BCUT2D eigenvalue weighted by Gasteiger charge is 2.34. The standard InChI is InChI=1S/C18H11BrClIN2O5/c19-12-5-9(6-13(21)16(12)28-8-15(24)25)7-14-17(26)23(18(27)22-14)11-3-1-10(20)2-4-11/h1-7H,8H2,(H,22,27)(H,24,25)/b14-7+. The minimum Gasteiger partial charge on any atom is -0.480 e. The summed E-state index contributed by atoms with van der Waals surface area (Å²) in [5.41, 5.74) is 1.14. The lowest BCUT2D eigenvalue weighted by molar-refractivity contribution is -0.139. The predicted octanol–water partition coefficient (Wildman–Crippen LogP) is 4.27. The third-order valence-electron chi connectivity index (χ3n) is 3.63. The first-order chi connectivity index (χ1) is 13.3. The maximum absolute atomic E-state index is 12.7. The van der Waals surface area contributed by atoms with Crippen LogP contribution in [0.2, 0.25) is 5.02 Å². The van der Waals surface area contributed by atoms with E-state index in [1.807, 2.05) is 22.6 Å². The van der Waals surface area contributed by atoms with E-state index in [2.05, 4.69) is 21.2 Å². The number of hydrogen-bond donors (Lipinski definition) is 2. The quantitative estimate of drug-likeness (QED) is 0.315. The Morgan fingerprint density at radius 3 is 2.57 bits per heavy atom. The number of rotatable bonds is 5. The predicted molar refractivity (Wildman–Crippen MR) is 115 cm³/mol. The summed E-state index contributed by atoms with van der Waals surface area (Å²) in [4.78, 5) is 36.6. The molecule has 0 saturated carbocycles. The van der Waals surface area contributed by atoms with E-state index in [1.54, 1.807) is 36.4 Å². The normalized spacial score (nSPS) is 15.1. The van der Waals surface area contributed by atoms with Crippen molar-refractivity contribution < 1.29 is 24.2 Å². The van der Waals surface area contributed by atoms with Gasteiger partial charge in [0, 0.05) is 5.02 Å². The summed E-state index contributed by atoms with van der Waals surface area (Å²) in [5.74, 6) is -1.20. The summed E-state index contributed by atoms with van der Waals surface area (Å²) in [5, 5.41) is 11.8. The van der Waals surface area contributed by atoms with Crippen molar-refractivity contribution in [2.24, 2.45) is 0 Å². The van der Waals surface area contributed by atoms with Gasteiger partial charge in [-0.1, -0.05) is 11.6 Å². The number of nitrogens with one attached hydrogen (secondary N) is 1. The van der Waals surface area contributed by atoms with Crippen LogP contribution in [-0.4, -0.2) is 29.6 Å². The van der Waals surface area contributed by atoms with Crippen LogP contribution < -0.4 is 15.0 Å². The van der Waals surface area contributed by atoms with Gasteiger partial charge >= 0.3 is 12.0 Å². The second-order valence-corrected chi connectivity index (χ2v) is 8.05. The third kappa shape index (κ3) is 4.47. The maximum atomic E-state index is 12.7. The fourth-order valence-corrected chi connectivity index (χ4v) is 4.36. The number of carboxylic acids is 1. The van der Waals surface area contributed by atoms with Gasteiger partial charge in [-0.2, -0.15) is 0 Å². The number of nitrogens with zero attached hydrogens (tertiary/aromatic N) is 1. The van der Waals surface area contributed by atoms with Crippen LogP contribution in [0.4, 0.5) is 10.5 Å². The molecule has 0 aromatic heterocycles. The van der Waals surface area contributed by atoms with Crippen molar-refractivity contribution in [2.75, 3.05) is 11.5 Å². The highest BCUT2D eigenvalue weighted by atomic mass is 127.